The smallest absolute Gasteiger partial charge is 0.294 e. The van der Waals surface area contributed by atoms with Crippen LogP contribution in [0.25, 0.3) is 5.69 Å². The summed E-state index contributed by atoms with van der Waals surface area (Å²) in [6.07, 6.45) is 3.62. The van der Waals surface area contributed by atoms with E-state index in [0.717, 1.165) is 54.2 Å². The van der Waals surface area contributed by atoms with Crippen molar-refractivity contribution in [2.75, 3.05) is 19.0 Å². The Morgan fingerprint density at radius 2 is 1.96 bits per heavy atom. The summed E-state index contributed by atoms with van der Waals surface area (Å²) in [5.74, 6) is 1.68. The van der Waals surface area contributed by atoms with Crippen LogP contribution in [0.4, 0.5) is 11.5 Å². The molecule has 1 aromatic heterocycles. The van der Waals surface area contributed by atoms with Gasteiger partial charge in [0.25, 0.3) is 5.69 Å². The van der Waals surface area contributed by atoms with Crippen molar-refractivity contribution in [3.05, 3.63) is 75.5 Å². The highest BCUT2D eigenvalue weighted by Gasteiger charge is 2.25. The SMILES string of the molecule is COc1ccccc1Cc1nn(-c2ccccc2[N+](=O)[O-])c2c1CCCCN2. The third-order valence-electron chi connectivity index (χ3n) is 5.07. The van der Waals surface area contributed by atoms with E-state index in [1.807, 2.05) is 24.3 Å². The number of rotatable bonds is 5. The van der Waals surface area contributed by atoms with Crippen molar-refractivity contribution >= 4 is 11.5 Å². The van der Waals surface area contributed by atoms with E-state index in [1.54, 1.807) is 30.0 Å². The third kappa shape index (κ3) is 3.31. The number of anilines is 1. The summed E-state index contributed by atoms with van der Waals surface area (Å²) in [7, 11) is 1.66. The Kier molecular flexibility index (Phi) is 4.97. The lowest BCUT2D eigenvalue weighted by molar-refractivity contribution is -0.384. The third-order valence-corrected chi connectivity index (χ3v) is 5.07. The van der Waals surface area contributed by atoms with Gasteiger partial charge in [0.2, 0.25) is 0 Å². The number of nitrogens with zero attached hydrogens (tertiary/aromatic N) is 3. The second-order valence-corrected chi connectivity index (χ2v) is 6.80. The van der Waals surface area contributed by atoms with Gasteiger partial charge >= 0.3 is 0 Å². The summed E-state index contributed by atoms with van der Waals surface area (Å²) < 4.78 is 7.19. The van der Waals surface area contributed by atoms with Crippen LogP contribution in [0.3, 0.4) is 0 Å². The molecule has 0 amide bonds. The Bertz CT molecular complexity index is 1010. The molecule has 0 saturated heterocycles. The van der Waals surface area contributed by atoms with Gasteiger partial charge in [0.1, 0.15) is 17.3 Å². The number of ether oxygens (including phenoxy) is 1. The fraction of sp³-hybridized carbons (Fsp3) is 0.286. The number of nitrogens with one attached hydrogen (secondary N) is 1. The van der Waals surface area contributed by atoms with Crippen molar-refractivity contribution in [1.82, 2.24) is 9.78 Å². The van der Waals surface area contributed by atoms with Gasteiger partial charge in [-0.3, -0.25) is 10.1 Å². The van der Waals surface area contributed by atoms with Crippen molar-refractivity contribution < 1.29 is 9.66 Å². The molecule has 1 N–H and O–H groups in total. The van der Waals surface area contributed by atoms with Crippen LogP contribution in [-0.2, 0) is 12.8 Å². The lowest BCUT2D eigenvalue weighted by Crippen LogP contribution is -2.08. The maximum absolute atomic E-state index is 11.5. The first-order valence-corrected chi connectivity index (χ1v) is 9.39. The zero-order valence-corrected chi connectivity index (χ0v) is 15.7. The second-order valence-electron chi connectivity index (χ2n) is 6.80. The summed E-state index contributed by atoms with van der Waals surface area (Å²) in [6, 6.07) is 14.6. The lowest BCUT2D eigenvalue weighted by atomic mass is 10.0. The van der Waals surface area contributed by atoms with E-state index in [9.17, 15) is 10.1 Å². The Morgan fingerprint density at radius 1 is 1.18 bits per heavy atom. The van der Waals surface area contributed by atoms with Crippen molar-refractivity contribution in [2.45, 2.75) is 25.7 Å². The minimum atomic E-state index is -0.361. The van der Waals surface area contributed by atoms with Crippen LogP contribution in [0.2, 0.25) is 0 Å². The molecule has 0 atom stereocenters. The first-order chi connectivity index (χ1) is 13.7. The highest BCUT2D eigenvalue weighted by Crippen LogP contribution is 2.33. The maximum Gasteiger partial charge on any atom is 0.294 e. The second kappa shape index (κ2) is 7.72. The summed E-state index contributed by atoms with van der Waals surface area (Å²) in [5, 5.41) is 19.8. The average Bonchev–Trinajstić information content (AvgIpc) is 2.89. The Labute approximate surface area is 163 Å². The van der Waals surface area contributed by atoms with Crippen molar-refractivity contribution in [1.29, 1.82) is 0 Å². The van der Waals surface area contributed by atoms with E-state index in [4.69, 9.17) is 9.84 Å². The topological polar surface area (TPSA) is 82.2 Å². The normalized spacial score (nSPS) is 13.3. The standard InChI is InChI=1S/C21H22N4O3/c1-28-20-12-5-2-8-15(20)14-17-16-9-6-7-13-22-21(16)24(23-17)18-10-3-4-11-19(18)25(26)27/h2-5,8,10-12,22H,6-7,9,13-14H2,1H3. The van der Waals surface area contributed by atoms with Crippen LogP contribution in [0.15, 0.2) is 48.5 Å². The van der Waals surface area contributed by atoms with Gasteiger partial charge in [-0.05, 0) is 31.4 Å². The lowest BCUT2D eigenvalue weighted by Gasteiger charge is -2.09. The van der Waals surface area contributed by atoms with Crippen LogP contribution < -0.4 is 10.1 Å². The molecule has 2 aromatic carbocycles. The van der Waals surface area contributed by atoms with Gasteiger partial charge in [0.05, 0.1) is 17.7 Å². The summed E-state index contributed by atoms with van der Waals surface area (Å²) >= 11 is 0. The van der Waals surface area contributed by atoms with Crippen molar-refractivity contribution in [3.63, 3.8) is 0 Å². The van der Waals surface area contributed by atoms with Gasteiger partial charge in [0, 0.05) is 30.2 Å². The molecule has 144 valence electrons. The predicted molar refractivity (Wildman–Crippen MR) is 107 cm³/mol. The number of nitro benzene ring substituents is 1. The van der Waals surface area contributed by atoms with E-state index in [-0.39, 0.29) is 10.6 Å². The number of nitro groups is 1. The van der Waals surface area contributed by atoms with E-state index in [2.05, 4.69) is 5.32 Å². The number of methoxy groups -OCH3 is 1. The molecule has 2 heterocycles. The van der Waals surface area contributed by atoms with Crippen LogP contribution in [0.5, 0.6) is 5.75 Å². The number of fused-ring (bicyclic) bond motifs is 1. The molecule has 3 aromatic rings. The van der Waals surface area contributed by atoms with Crippen LogP contribution in [0.1, 0.15) is 29.7 Å². The highest BCUT2D eigenvalue weighted by atomic mass is 16.6. The number of benzene rings is 2. The van der Waals surface area contributed by atoms with Crippen LogP contribution in [0, 0.1) is 10.1 Å². The Morgan fingerprint density at radius 3 is 2.79 bits per heavy atom. The molecule has 7 heteroatoms. The van der Waals surface area contributed by atoms with E-state index < -0.39 is 0 Å². The molecule has 0 aliphatic carbocycles. The zero-order valence-electron chi connectivity index (χ0n) is 15.7. The van der Waals surface area contributed by atoms with Crippen LogP contribution in [-0.4, -0.2) is 28.4 Å². The van der Waals surface area contributed by atoms with Gasteiger partial charge in [-0.1, -0.05) is 30.3 Å². The Hall–Kier alpha value is -3.35. The van der Waals surface area contributed by atoms with Gasteiger partial charge in [-0.2, -0.15) is 5.10 Å². The molecule has 4 rings (SSSR count). The van der Waals surface area contributed by atoms with Crippen molar-refractivity contribution in [3.8, 4) is 11.4 Å². The molecule has 0 saturated carbocycles. The molecule has 0 fully saturated rings. The minimum absolute atomic E-state index is 0.0442. The highest BCUT2D eigenvalue weighted by molar-refractivity contribution is 5.61. The Balaban J connectivity index is 1.84. The number of hydrogen-bond donors (Lipinski definition) is 1. The van der Waals surface area contributed by atoms with E-state index >= 15 is 0 Å². The quantitative estimate of drug-likeness (QED) is 0.533. The maximum atomic E-state index is 11.5. The van der Waals surface area contributed by atoms with Gasteiger partial charge in [-0.25, -0.2) is 4.68 Å². The van der Waals surface area contributed by atoms with E-state index in [0.29, 0.717) is 12.1 Å². The van der Waals surface area contributed by atoms with Crippen LogP contribution >= 0.6 is 0 Å². The zero-order chi connectivity index (χ0) is 19.5. The molecule has 0 radical (unpaired) electrons. The molecular formula is C21H22N4O3. The fourth-order valence-corrected chi connectivity index (χ4v) is 3.72. The fourth-order valence-electron chi connectivity index (χ4n) is 3.72. The van der Waals surface area contributed by atoms with Gasteiger partial charge in [0.15, 0.2) is 0 Å². The van der Waals surface area contributed by atoms with Crippen molar-refractivity contribution in [2.24, 2.45) is 0 Å². The van der Waals surface area contributed by atoms with E-state index in [1.165, 1.54) is 6.07 Å². The number of hydrogen-bond acceptors (Lipinski definition) is 5. The molecule has 7 nitrogen and oxygen atoms in total. The molecule has 1 aliphatic rings. The summed E-state index contributed by atoms with van der Waals surface area (Å²) in [5.41, 5.74) is 3.62. The first kappa shape index (κ1) is 18.0. The molecule has 1 aliphatic heterocycles. The summed E-state index contributed by atoms with van der Waals surface area (Å²) in [4.78, 5) is 11.2. The van der Waals surface area contributed by atoms with Gasteiger partial charge in [-0.15, -0.1) is 0 Å². The first-order valence-electron chi connectivity index (χ1n) is 9.39. The average molecular weight is 378 g/mol. The molecule has 0 spiro atoms. The number of para-hydroxylation sites is 3. The summed E-state index contributed by atoms with van der Waals surface area (Å²) in [6.45, 7) is 0.827. The largest absolute Gasteiger partial charge is 0.496 e. The minimum Gasteiger partial charge on any atom is -0.496 e. The predicted octanol–water partition coefficient (Wildman–Crippen LogP) is 4.13. The number of aromatic nitrogens is 2. The molecule has 0 unspecified atom stereocenters. The molecule has 28 heavy (non-hydrogen) atoms. The van der Waals surface area contributed by atoms with Gasteiger partial charge < -0.3 is 10.1 Å². The molecule has 0 bridgehead atoms. The molecular weight excluding hydrogens is 356 g/mol. The monoisotopic (exact) mass is 378 g/mol.